The minimum absolute atomic E-state index is 0.162. The fraction of sp³-hybridized carbons (Fsp3) is 0.250. The molecule has 7 aliphatic carbocycles. The largest absolute Gasteiger partial charge is 0.310 e. The van der Waals surface area contributed by atoms with Crippen LogP contribution in [0, 0.1) is 29.6 Å². The monoisotopic (exact) mass is 631 g/mol. The highest BCUT2D eigenvalue weighted by Crippen LogP contribution is 2.69. The van der Waals surface area contributed by atoms with Gasteiger partial charge in [0.25, 0.3) is 0 Å². The van der Waals surface area contributed by atoms with Crippen molar-refractivity contribution in [2.45, 2.75) is 43.9 Å². The molecule has 1 atom stereocenters. The molecule has 0 heterocycles. The summed E-state index contributed by atoms with van der Waals surface area (Å²) in [6.45, 7) is 0. The molecule has 4 saturated carbocycles. The molecule has 12 rings (SSSR count). The first-order valence-corrected chi connectivity index (χ1v) is 18.6. The quantitative estimate of drug-likeness (QED) is 0.191. The van der Waals surface area contributed by atoms with Gasteiger partial charge >= 0.3 is 0 Å². The van der Waals surface area contributed by atoms with Crippen LogP contribution in [-0.4, -0.2) is 0 Å². The van der Waals surface area contributed by atoms with E-state index >= 15 is 0 Å². The maximum Gasteiger partial charge on any atom is 0.0465 e. The molecule has 0 N–H and O–H groups in total. The van der Waals surface area contributed by atoms with E-state index in [0.717, 1.165) is 30.1 Å². The number of allylic oxidation sites excluding steroid dienone is 5. The van der Waals surface area contributed by atoms with Crippen LogP contribution in [0.1, 0.15) is 66.3 Å². The molecular formula is C48H41N. The minimum Gasteiger partial charge on any atom is -0.310 e. The summed E-state index contributed by atoms with van der Waals surface area (Å²) in [5, 5.41) is 0. The van der Waals surface area contributed by atoms with Crippen LogP contribution >= 0.6 is 0 Å². The summed E-state index contributed by atoms with van der Waals surface area (Å²) in [5.74, 6) is 3.84. The molecule has 0 amide bonds. The summed E-state index contributed by atoms with van der Waals surface area (Å²) < 4.78 is 0. The molecule has 49 heavy (non-hydrogen) atoms. The van der Waals surface area contributed by atoms with Gasteiger partial charge in [0.05, 0.1) is 0 Å². The van der Waals surface area contributed by atoms with Gasteiger partial charge in [-0.15, -0.1) is 0 Å². The van der Waals surface area contributed by atoms with Crippen molar-refractivity contribution >= 4 is 34.3 Å². The van der Waals surface area contributed by atoms with Crippen molar-refractivity contribution in [3.63, 3.8) is 0 Å². The summed E-state index contributed by atoms with van der Waals surface area (Å²) in [4.78, 5) is 2.49. The molecule has 0 radical (unpaired) electrons. The maximum atomic E-state index is 2.61. The predicted molar refractivity (Wildman–Crippen MR) is 204 cm³/mol. The summed E-state index contributed by atoms with van der Waals surface area (Å²) in [5.41, 5.74) is 16.9. The van der Waals surface area contributed by atoms with Gasteiger partial charge in [0, 0.05) is 28.4 Å². The van der Waals surface area contributed by atoms with E-state index in [-0.39, 0.29) is 5.41 Å². The minimum atomic E-state index is 0.162. The molecule has 5 aromatic rings. The molecule has 238 valence electrons. The average molecular weight is 632 g/mol. The number of hydrogen-bond acceptors (Lipinski definition) is 1. The zero-order chi connectivity index (χ0) is 32.1. The molecule has 1 nitrogen and oxygen atoms in total. The molecule has 1 heteroatoms. The number of para-hydroxylation sites is 1. The van der Waals surface area contributed by atoms with Crippen molar-refractivity contribution < 1.29 is 0 Å². The Kier molecular flexibility index (Phi) is 6.03. The van der Waals surface area contributed by atoms with E-state index in [4.69, 9.17) is 0 Å². The lowest BCUT2D eigenvalue weighted by atomic mass is 9.43. The van der Waals surface area contributed by atoms with Crippen LogP contribution < -0.4 is 4.90 Å². The van der Waals surface area contributed by atoms with Gasteiger partial charge in [0.2, 0.25) is 0 Å². The van der Waals surface area contributed by atoms with E-state index in [9.17, 15) is 0 Å². The number of nitrogens with zero attached hydrogens (tertiary/aromatic N) is 1. The Balaban J connectivity index is 0.998. The number of hydrogen-bond donors (Lipinski definition) is 0. The summed E-state index contributed by atoms with van der Waals surface area (Å²) in [6.07, 6.45) is 17.6. The topological polar surface area (TPSA) is 3.24 Å². The highest BCUT2D eigenvalue weighted by atomic mass is 15.1. The van der Waals surface area contributed by atoms with Crippen molar-refractivity contribution in [2.24, 2.45) is 29.6 Å². The standard InChI is InChI=1S/C48H41N/c1-2-9-39(10-3-1)49(40-19-16-33(17-20-40)35-18-22-43-36(29-35)15-14-34-8-4-5-11-42(34)43)41-21-23-45-44-12-6-7-13-46(44)48(47(45)30-41)37-25-31-24-32(27-37)28-38(48)26-31/h1-23,30-32,36-38H,24-29H2. The van der Waals surface area contributed by atoms with Crippen molar-refractivity contribution in [3.8, 4) is 11.1 Å². The fourth-order valence-electron chi connectivity index (χ4n) is 11.7. The third-order valence-electron chi connectivity index (χ3n) is 13.4. The zero-order valence-corrected chi connectivity index (χ0v) is 27.9. The van der Waals surface area contributed by atoms with Crippen LogP contribution in [-0.2, 0) is 5.41 Å². The van der Waals surface area contributed by atoms with E-state index in [1.807, 2.05) is 0 Å². The predicted octanol–water partition coefficient (Wildman–Crippen LogP) is 12.4. The van der Waals surface area contributed by atoms with E-state index in [0.29, 0.717) is 5.92 Å². The third kappa shape index (κ3) is 4.05. The van der Waals surface area contributed by atoms with Gasteiger partial charge in [-0.1, -0.05) is 109 Å². The normalized spacial score (nSPS) is 28.0. The molecule has 4 bridgehead atoms. The molecule has 4 fully saturated rings. The van der Waals surface area contributed by atoms with Crippen LogP contribution in [0.2, 0.25) is 0 Å². The lowest BCUT2D eigenvalue weighted by molar-refractivity contribution is -0.0399. The maximum absolute atomic E-state index is 2.61. The van der Waals surface area contributed by atoms with E-state index in [1.54, 1.807) is 11.1 Å². The molecule has 1 spiro atoms. The number of rotatable bonds is 4. The van der Waals surface area contributed by atoms with Crippen molar-refractivity contribution in [1.29, 1.82) is 0 Å². The van der Waals surface area contributed by atoms with Gasteiger partial charge in [-0.2, -0.15) is 0 Å². The van der Waals surface area contributed by atoms with Gasteiger partial charge in [0.1, 0.15) is 0 Å². The van der Waals surface area contributed by atoms with Crippen LogP contribution in [0.4, 0.5) is 17.1 Å². The van der Waals surface area contributed by atoms with Gasteiger partial charge in [-0.05, 0) is 149 Å². The molecule has 5 aromatic carbocycles. The van der Waals surface area contributed by atoms with Crippen LogP contribution in [0.3, 0.4) is 0 Å². The van der Waals surface area contributed by atoms with Gasteiger partial charge in [-0.25, -0.2) is 0 Å². The van der Waals surface area contributed by atoms with Gasteiger partial charge in [0.15, 0.2) is 0 Å². The van der Waals surface area contributed by atoms with E-state index < -0.39 is 0 Å². The van der Waals surface area contributed by atoms with Crippen LogP contribution in [0.5, 0.6) is 0 Å². The molecular weight excluding hydrogens is 591 g/mol. The first kappa shape index (κ1) is 28.0. The zero-order valence-electron chi connectivity index (χ0n) is 27.9. The van der Waals surface area contributed by atoms with Crippen molar-refractivity contribution in [1.82, 2.24) is 0 Å². The summed E-state index contributed by atoms with van der Waals surface area (Å²) in [6, 6.07) is 46.1. The summed E-state index contributed by atoms with van der Waals surface area (Å²) in [7, 11) is 0. The van der Waals surface area contributed by atoms with E-state index in [1.165, 1.54) is 88.1 Å². The Hall–Kier alpha value is -4.88. The lowest BCUT2D eigenvalue weighted by Crippen LogP contribution is -2.55. The molecule has 1 unspecified atom stereocenters. The number of fused-ring (bicyclic) bond motifs is 6. The summed E-state index contributed by atoms with van der Waals surface area (Å²) >= 11 is 0. The SMILES string of the molecule is C1=CC2CC(c3ccc(N(c4ccccc4)c4ccc5c(c4)C4(c6ccccc6-5)C5CC6CC(C5)CC4C6)cc3)=CC=C2c2ccccc21. The Morgan fingerprint density at radius 3 is 1.98 bits per heavy atom. The Morgan fingerprint density at radius 2 is 1.18 bits per heavy atom. The first-order valence-electron chi connectivity index (χ1n) is 18.6. The second kappa shape index (κ2) is 10.6. The number of benzene rings is 5. The van der Waals surface area contributed by atoms with Crippen molar-refractivity contribution in [2.75, 3.05) is 4.90 Å². The molecule has 0 aromatic heterocycles. The molecule has 0 aliphatic heterocycles. The Labute approximate surface area is 290 Å². The van der Waals surface area contributed by atoms with E-state index in [2.05, 4.69) is 151 Å². The lowest BCUT2D eigenvalue weighted by Gasteiger charge is -2.61. The smallest absolute Gasteiger partial charge is 0.0465 e. The van der Waals surface area contributed by atoms with Crippen LogP contribution in [0.25, 0.3) is 28.3 Å². The van der Waals surface area contributed by atoms with Gasteiger partial charge in [-0.3, -0.25) is 0 Å². The highest BCUT2D eigenvalue weighted by Gasteiger charge is 2.61. The second-order valence-electron chi connectivity index (χ2n) is 15.7. The first-order chi connectivity index (χ1) is 24.2. The van der Waals surface area contributed by atoms with Gasteiger partial charge < -0.3 is 4.90 Å². The highest BCUT2D eigenvalue weighted by molar-refractivity contribution is 5.89. The Bertz CT molecular complexity index is 2190. The third-order valence-corrected chi connectivity index (χ3v) is 13.4. The fourth-order valence-corrected chi connectivity index (χ4v) is 11.7. The number of anilines is 3. The molecule has 7 aliphatic rings. The Morgan fingerprint density at radius 1 is 0.531 bits per heavy atom. The van der Waals surface area contributed by atoms with Crippen LogP contribution in [0.15, 0.2) is 140 Å². The van der Waals surface area contributed by atoms with Crippen molar-refractivity contribution in [3.05, 3.63) is 167 Å². The average Bonchev–Trinajstić information content (AvgIpc) is 3.44. The second-order valence-corrected chi connectivity index (χ2v) is 15.7. The molecule has 0 saturated heterocycles.